The molecular weight excluding hydrogens is 418 g/mol. The van der Waals surface area contributed by atoms with Crippen molar-refractivity contribution in [2.75, 3.05) is 11.9 Å². The van der Waals surface area contributed by atoms with Crippen LogP contribution in [0.2, 0.25) is 0 Å². The third-order valence-electron chi connectivity index (χ3n) is 4.35. The van der Waals surface area contributed by atoms with E-state index in [-0.39, 0.29) is 29.7 Å². The Hall–Kier alpha value is -3.43. The minimum atomic E-state index is -3.76. The van der Waals surface area contributed by atoms with Crippen molar-refractivity contribution in [2.45, 2.75) is 24.3 Å². The number of amides is 2. The van der Waals surface area contributed by atoms with Gasteiger partial charge in [0.05, 0.1) is 17.7 Å². The molecule has 1 aromatic heterocycles. The Morgan fingerprint density at radius 2 is 1.74 bits per heavy atom. The van der Waals surface area contributed by atoms with Crippen LogP contribution in [0.25, 0.3) is 0 Å². The molecule has 1 heterocycles. The average Bonchev–Trinajstić information content (AvgIpc) is 3.30. The smallest absolute Gasteiger partial charge is 0.251 e. The zero-order valence-corrected chi connectivity index (χ0v) is 17.5. The third-order valence-corrected chi connectivity index (χ3v) is 5.75. The lowest BCUT2D eigenvalue weighted by Crippen LogP contribution is -2.25. The molecule has 3 rings (SSSR count). The van der Waals surface area contributed by atoms with E-state index in [2.05, 4.69) is 15.4 Å². The molecule has 9 heteroatoms. The Morgan fingerprint density at radius 1 is 0.935 bits per heavy atom. The highest BCUT2D eigenvalue weighted by Crippen LogP contribution is 2.16. The van der Waals surface area contributed by atoms with Crippen LogP contribution < -0.4 is 15.4 Å². The minimum absolute atomic E-state index is 0.0284. The molecule has 0 saturated carbocycles. The van der Waals surface area contributed by atoms with Gasteiger partial charge in [-0.1, -0.05) is 24.3 Å². The van der Waals surface area contributed by atoms with E-state index in [1.165, 1.54) is 18.4 Å². The highest BCUT2D eigenvalue weighted by molar-refractivity contribution is 7.89. The first-order chi connectivity index (χ1) is 14.9. The molecule has 0 aliphatic rings. The molecule has 2 amide bonds. The standard InChI is InChI=1S/C22H23N3O5S/c26-21(12-5-13-23-22(27)17-7-2-1-3-8-17)25-18-9-4-11-20(15-18)31(28,29)24-16-19-10-6-14-30-19/h1-4,6-11,14-15,24H,5,12-13,16H2,(H,23,27)(H,25,26). The van der Waals surface area contributed by atoms with Crippen molar-refractivity contribution in [3.05, 3.63) is 84.3 Å². The van der Waals surface area contributed by atoms with Crippen LogP contribution in [0.1, 0.15) is 29.0 Å². The van der Waals surface area contributed by atoms with Crippen LogP contribution in [-0.2, 0) is 21.4 Å². The summed E-state index contributed by atoms with van der Waals surface area (Å²) >= 11 is 0. The van der Waals surface area contributed by atoms with Gasteiger partial charge in [-0.2, -0.15) is 0 Å². The maximum absolute atomic E-state index is 12.5. The molecule has 2 aromatic carbocycles. The van der Waals surface area contributed by atoms with E-state index in [0.717, 1.165) is 0 Å². The second-order valence-electron chi connectivity index (χ2n) is 6.71. The molecule has 0 unspecified atom stereocenters. The summed E-state index contributed by atoms with van der Waals surface area (Å²) in [5, 5.41) is 5.44. The maximum Gasteiger partial charge on any atom is 0.251 e. The molecule has 0 aliphatic carbocycles. The van der Waals surface area contributed by atoms with Crippen molar-refractivity contribution in [1.82, 2.24) is 10.0 Å². The van der Waals surface area contributed by atoms with Gasteiger partial charge in [-0.3, -0.25) is 9.59 Å². The van der Waals surface area contributed by atoms with Gasteiger partial charge >= 0.3 is 0 Å². The van der Waals surface area contributed by atoms with Gasteiger partial charge in [-0.15, -0.1) is 0 Å². The summed E-state index contributed by atoms with van der Waals surface area (Å²) in [4.78, 5) is 24.2. The highest BCUT2D eigenvalue weighted by atomic mass is 32.2. The first kappa shape index (κ1) is 22.3. The van der Waals surface area contributed by atoms with E-state index < -0.39 is 10.0 Å². The van der Waals surface area contributed by atoms with Gasteiger partial charge in [-0.25, -0.2) is 13.1 Å². The van der Waals surface area contributed by atoms with Crippen LogP contribution in [0.15, 0.2) is 82.3 Å². The van der Waals surface area contributed by atoms with E-state index in [0.29, 0.717) is 30.0 Å². The minimum Gasteiger partial charge on any atom is -0.468 e. The summed E-state index contributed by atoms with van der Waals surface area (Å²) in [6, 6.07) is 18.2. The zero-order valence-electron chi connectivity index (χ0n) is 16.7. The lowest BCUT2D eigenvalue weighted by Gasteiger charge is -2.09. The molecule has 3 aromatic rings. The quantitative estimate of drug-likeness (QED) is 0.418. The normalized spacial score (nSPS) is 11.1. The van der Waals surface area contributed by atoms with Crippen LogP contribution in [0, 0.1) is 0 Å². The van der Waals surface area contributed by atoms with Crippen LogP contribution in [0.3, 0.4) is 0 Å². The van der Waals surface area contributed by atoms with E-state index >= 15 is 0 Å². The lowest BCUT2D eigenvalue weighted by molar-refractivity contribution is -0.116. The van der Waals surface area contributed by atoms with Crippen molar-refractivity contribution >= 4 is 27.5 Å². The molecule has 0 radical (unpaired) electrons. The Morgan fingerprint density at radius 3 is 2.48 bits per heavy atom. The van der Waals surface area contributed by atoms with Crippen molar-refractivity contribution in [2.24, 2.45) is 0 Å². The second kappa shape index (κ2) is 10.6. The van der Waals surface area contributed by atoms with Crippen LogP contribution in [0.5, 0.6) is 0 Å². The fourth-order valence-electron chi connectivity index (χ4n) is 2.77. The van der Waals surface area contributed by atoms with Gasteiger partial charge in [0.1, 0.15) is 5.76 Å². The van der Waals surface area contributed by atoms with E-state index in [1.54, 1.807) is 48.5 Å². The highest BCUT2D eigenvalue weighted by Gasteiger charge is 2.15. The first-order valence-electron chi connectivity index (χ1n) is 9.69. The number of carbonyl (C=O) groups excluding carboxylic acids is 2. The molecule has 0 atom stereocenters. The summed E-state index contributed by atoms with van der Waals surface area (Å²) in [6.07, 6.45) is 2.10. The molecule has 162 valence electrons. The number of rotatable bonds is 10. The molecule has 0 fully saturated rings. The summed E-state index contributed by atoms with van der Waals surface area (Å²) in [6.45, 7) is 0.382. The van der Waals surface area contributed by atoms with Crippen molar-refractivity contribution in [1.29, 1.82) is 0 Å². The van der Waals surface area contributed by atoms with E-state index in [4.69, 9.17) is 4.42 Å². The number of benzene rings is 2. The molecule has 0 saturated heterocycles. The second-order valence-corrected chi connectivity index (χ2v) is 8.47. The Kier molecular flexibility index (Phi) is 7.58. The predicted molar refractivity (Wildman–Crippen MR) is 116 cm³/mol. The van der Waals surface area contributed by atoms with Crippen molar-refractivity contribution < 1.29 is 22.4 Å². The molecule has 0 bridgehead atoms. The SMILES string of the molecule is O=C(CCCNC(=O)c1ccccc1)Nc1cccc(S(=O)(=O)NCc2ccco2)c1. The van der Waals surface area contributed by atoms with Gasteiger partial charge in [0.15, 0.2) is 0 Å². The number of nitrogens with one attached hydrogen (secondary N) is 3. The molecule has 8 nitrogen and oxygen atoms in total. The van der Waals surface area contributed by atoms with Gasteiger partial charge in [0.25, 0.3) is 5.91 Å². The third kappa shape index (κ3) is 6.80. The summed E-state index contributed by atoms with van der Waals surface area (Å²) in [5.74, 6) is 0.0282. The fourth-order valence-corrected chi connectivity index (χ4v) is 3.81. The molecule has 0 aliphatic heterocycles. The monoisotopic (exact) mass is 441 g/mol. The van der Waals surface area contributed by atoms with E-state index in [9.17, 15) is 18.0 Å². The van der Waals surface area contributed by atoms with Gasteiger partial charge < -0.3 is 15.1 Å². The predicted octanol–water partition coefficient (Wildman–Crippen LogP) is 2.91. The molecule has 0 spiro atoms. The van der Waals surface area contributed by atoms with Crippen LogP contribution in [0.4, 0.5) is 5.69 Å². The Bertz CT molecular complexity index is 1110. The van der Waals surface area contributed by atoms with Crippen molar-refractivity contribution in [3.8, 4) is 0 Å². The summed E-state index contributed by atoms with van der Waals surface area (Å²) < 4.78 is 32.5. The summed E-state index contributed by atoms with van der Waals surface area (Å²) in [5.41, 5.74) is 0.935. The van der Waals surface area contributed by atoms with Gasteiger partial charge in [0, 0.05) is 24.2 Å². The number of hydrogen-bond acceptors (Lipinski definition) is 5. The van der Waals surface area contributed by atoms with Crippen LogP contribution >= 0.6 is 0 Å². The van der Waals surface area contributed by atoms with Crippen LogP contribution in [-0.4, -0.2) is 26.8 Å². The summed E-state index contributed by atoms with van der Waals surface area (Å²) in [7, 11) is -3.76. The average molecular weight is 442 g/mol. The fraction of sp³-hybridized carbons (Fsp3) is 0.182. The number of furan rings is 1. The number of anilines is 1. The van der Waals surface area contributed by atoms with Gasteiger partial charge in [-0.05, 0) is 48.9 Å². The van der Waals surface area contributed by atoms with Crippen molar-refractivity contribution in [3.63, 3.8) is 0 Å². The largest absolute Gasteiger partial charge is 0.468 e. The van der Waals surface area contributed by atoms with Gasteiger partial charge in [0.2, 0.25) is 15.9 Å². The Balaban J connectivity index is 1.46. The molecule has 31 heavy (non-hydrogen) atoms. The number of sulfonamides is 1. The lowest BCUT2D eigenvalue weighted by atomic mass is 10.2. The first-order valence-corrected chi connectivity index (χ1v) is 11.2. The maximum atomic E-state index is 12.5. The molecule has 3 N–H and O–H groups in total. The topological polar surface area (TPSA) is 118 Å². The zero-order chi connectivity index (χ0) is 22.1. The number of carbonyl (C=O) groups is 2. The number of hydrogen-bond donors (Lipinski definition) is 3. The van der Waals surface area contributed by atoms with E-state index in [1.807, 2.05) is 6.07 Å². The molecular formula is C22H23N3O5S. The Labute approximate surface area is 180 Å².